The summed E-state index contributed by atoms with van der Waals surface area (Å²) in [6, 6.07) is 3.52. The van der Waals surface area contributed by atoms with Crippen LogP contribution in [0.1, 0.15) is 68.8 Å². The average molecular weight is 664 g/mol. The molecule has 0 saturated carbocycles. The summed E-state index contributed by atoms with van der Waals surface area (Å²) >= 11 is 3.05. The Kier molecular flexibility index (Phi) is 8.37. The van der Waals surface area contributed by atoms with Gasteiger partial charge in [-0.1, -0.05) is 28.1 Å². The van der Waals surface area contributed by atoms with Crippen molar-refractivity contribution >= 4 is 39.2 Å². The van der Waals surface area contributed by atoms with Gasteiger partial charge in [-0.25, -0.2) is 0 Å². The molecule has 2 aliphatic carbocycles. The number of hydrogen-bond acceptors (Lipinski definition) is 12. The summed E-state index contributed by atoms with van der Waals surface area (Å²) in [6.07, 6.45) is -5.73. The molecule has 1 heterocycles. The highest BCUT2D eigenvalue weighted by atomic mass is 79.9. The predicted octanol–water partition coefficient (Wildman–Crippen LogP) is 0.554. The predicted molar refractivity (Wildman–Crippen MR) is 150 cm³/mol. The second-order valence-corrected chi connectivity index (χ2v) is 11.4. The number of amides is 1. The van der Waals surface area contributed by atoms with Crippen LogP contribution in [0.15, 0.2) is 18.2 Å². The molecule has 1 fully saturated rings. The molecule has 6 N–H and O–H groups in total. The third-order valence-corrected chi connectivity index (χ3v) is 8.74. The maximum absolute atomic E-state index is 13.7. The lowest BCUT2D eigenvalue weighted by atomic mass is 9.72. The van der Waals surface area contributed by atoms with E-state index < -0.39 is 102 Å². The van der Waals surface area contributed by atoms with Crippen molar-refractivity contribution in [2.24, 2.45) is 0 Å². The molecule has 0 spiro atoms. The van der Waals surface area contributed by atoms with Crippen molar-refractivity contribution in [3.8, 4) is 17.2 Å². The molecule has 13 nitrogen and oxygen atoms in total. The van der Waals surface area contributed by atoms with E-state index in [0.717, 1.165) is 0 Å². The first-order valence-electron chi connectivity index (χ1n) is 13.4. The van der Waals surface area contributed by atoms with E-state index in [1.807, 2.05) is 0 Å². The number of carbonyl (C=O) groups is 4. The van der Waals surface area contributed by atoms with Crippen LogP contribution in [0.3, 0.4) is 0 Å². The number of phenolic OH excluding ortho intramolecular Hbond substituents is 2. The summed E-state index contributed by atoms with van der Waals surface area (Å²) in [5.41, 5.74) is -3.87. The average Bonchev–Trinajstić information content (AvgIpc) is 2.98. The molecule has 0 bridgehead atoms. The Bertz CT molecular complexity index is 1530. The van der Waals surface area contributed by atoms with Gasteiger partial charge in [0.25, 0.3) is 0 Å². The van der Waals surface area contributed by atoms with Gasteiger partial charge in [-0.3, -0.25) is 19.2 Å². The molecule has 0 radical (unpaired) electrons. The normalized spacial score (nSPS) is 28.0. The number of hydrogen-bond donors (Lipinski definition) is 6. The van der Waals surface area contributed by atoms with E-state index in [2.05, 4.69) is 21.2 Å². The number of aromatic hydroxyl groups is 2. The smallest absolute Gasteiger partial charge is 0.230 e. The van der Waals surface area contributed by atoms with Crippen molar-refractivity contribution in [3.63, 3.8) is 0 Å². The van der Waals surface area contributed by atoms with Crippen LogP contribution in [0.25, 0.3) is 0 Å². The largest absolute Gasteiger partial charge is 0.507 e. The highest BCUT2D eigenvalue weighted by molar-refractivity contribution is 9.09. The number of phenols is 2. The minimum atomic E-state index is -2.29. The van der Waals surface area contributed by atoms with Crippen molar-refractivity contribution < 1.29 is 58.9 Å². The third kappa shape index (κ3) is 5.11. The standard InChI is InChI=1S/C29H30BrNO12/c1-11-24(35)14(31-18(34)9-30)6-19(42-11)43-16-8-29(40,17(33)10-32)7-13-21(16)28(39)23-22(26(13)37)25(36)12-4-3-5-15(41-2)20(12)27(23)38/h3-5,11,14,16,19,24,32,35,37,39-40H,6-10H2,1-2H3,(H,31,34)/t11?,14?,16-,19?,24?,29+/m0/s1. The van der Waals surface area contributed by atoms with E-state index in [0.29, 0.717) is 0 Å². The maximum Gasteiger partial charge on any atom is 0.230 e. The van der Waals surface area contributed by atoms with Crippen molar-refractivity contribution in [2.75, 3.05) is 19.0 Å². The Morgan fingerprint density at radius 1 is 1.14 bits per heavy atom. The lowest BCUT2D eigenvalue weighted by Gasteiger charge is -2.42. The van der Waals surface area contributed by atoms with Crippen LogP contribution in [0.4, 0.5) is 0 Å². The Morgan fingerprint density at radius 2 is 1.84 bits per heavy atom. The molecular formula is C29H30BrNO12. The van der Waals surface area contributed by atoms with E-state index >= 15 is 0 Å². The van der Waals surface area contributed by atoms with Crippen LogP contribution in [0, 0.1) is 0 Å². The number of ketones is 3. The van der Waals surface area contributed by atoms with Gasteiger partial charge in [0.15, 0.2) is 17.9 Å². The summed E-state index contributed by atoms with van der Waals surface area (Å²) < 4.78 is 17.2. The number of fused-ring (bicyclic) bond motifs is 3. The van der Waals surface area contributed by atoms with Gasteiger partial charge in [-0.2, -0.15) is 0 Å². The van der Waals surface area contributed by atoms with Crippen LogP contribution < -0.4 is 10.1 Å². The second-order valence-electron chi connectivity index (χ2n) is 10.8. The molecule has 1 amide bonds. The molecule has 1 saturated heterocycles. The summed E-state index contributed by atoms with van der Waals surface area (Å²) in [4.78, 5) is 52.1. The molecule has 43 heavy (non-hydrogen) atoms. The number of rotatable bonds is 7. The highest BCUT2D eigenvalue weighted by Gasteiger charge is 2.50. The number of carbonyl (C=O) groups excluding carboxylic acids is 4. The number of aliphatic hydroxyl groups is 3. The van der Waals surface area contributed by atoms with E-state index in [4.69, 9.17) is 14.2 Å². The Labute approximate surface area is 253 Å². The molecule has 5 rings (SSSR count). The van der Waals surface area contributed by atoms with E-state index in [-0.39, 0.29) is 39.8 Å². The molecule has 0 aromatic heterocycles. The number of halogens is 1. The van der Waals surface area contributed by atoms with Gasteiger partial charge in [0.05, 0.1) is 47.4 Å². The topological polar surface area (TPSA) is 209 Å². The quantitative estimate of drug-likeness (QED) is 0.151. The van der Waals surface area contributed by atoms with E-state index in [9.17, 15) is 44.7 Å². The number of benzene rings is 2. The van der Waals surface area contributed by atoms with Gasteiger partial charge in [-0.05, 0) is 13.0 Å². The lowest BCUT2D eigenvalue weighted by molar-refractivity contribution is -0.249. The van der Waals surface area contributed by atoms with Gasteiger partial charge in [0.1, 0.15) is 35.6 Å². The van der Waals surface area contributed by atoms with Gasteiger partial charge in [0.2, 0.25) is 11.7 Å². The van der Waals surface area contributed by atoms with Crippen molar-refractivity contribution in [1.82, 2.24) is 5.32 Å². The molecule has 1 aliphatic heterocycles. The summed E-state index contributed by atoms with van der Waals surface area (Å²) in [5.74, 6) is -4.35. The maximum atomic E-state index is 13.7. The molecule has 14 heteroatoms. The molecule has 2 aromatic rings. The van der Waals surface area contributed by atoms with Gasteiger partial charge in [-0.15, -0.1) is 0 Å². The molecule has 4 unspecified atom stereocenters. The van der Waals surface area contributed by atoms with Crippen LogP contribution >= 0.6 is 15.9 Å². The molecule has 2 aromatic carbocycles. The fourth-order valence-corrected chi connectivity index (χ4v) is 6.27. The van der Waals surface area contributed by atoms with Crippen LogP contribution in [-0.2, 0) is 25.5 Å². The number of nitrogens with one attached hydrogen (secondary N) is 1. The Balaban J connectivity index is 1.63. The minimum Gasteiger partial charge on any atom is -0.507 e. The number of ether oxygens (including phenoxy) is 3. The van der Waals surface area contributed by atoms with Crippen LogP contribution in [0.5, 0.6) is 17.2 Å². The minimum absolute atomic E-state index is 0.0256. The van der Waals surface area contributed by atoms with Crippen molar-refractivity contribution in [2.45, 2.75) is 62.4 Å². The van der Waals surface area contributed by atoms with Gasteiger partial charge < -0.3 is 45.1 Å². The summed E-state index contributed by atoms with van der Waals surface area (Å²) in [5, 5.41) is 57.2. The molecule has 6 atom stereocenters. The first kappa shape index (κ1) is 31.0. The van der Waals surface area contributed by atoms with E-state index in [1.54, 1.807) is 6.92 Å². The van der Waals surface area contributed by atoms with Gasteiger partial charge in [0, 0.05) is 36.0 Å². The number of aliphatic hydroxyl groups excluding tert-OH is 2. The fraction of sp³-hybridized carbons (Fsp3) is 0.448. The summed E-state index contributed by atoms with van der Waals surface area (Å²) in [7, 11) is 1.31. The number of methoxy groups -OCH3 is 1. The van der Waals surface area contributed by atoms with Crippen LogP contribution in [0.2, 0.25) is 0 Å². The molecule has 3 aliphatic rings. The second kappa shape index (κ2) is 11.6. The zero-order chi connectivity index (χ0) is 31.4. The fourth-order valence-electron chi connectivity index (χ4n) is 6.10. The Hall–Kier alpha value is -3.40. The highest BCUT2D eigenvalue weighted by Crippen LogP contribution is 2.52. The monoisotopic (exact) mass is 663 g/mol. The van der Waals surface area contributed by atoms with Crippen molar-refractivity contribution in [1.29, 1.82) is 0 Å². The van der Waals surface area contributed by atoms with Gasteiger partial charge >= 0.3 is 0 Å². The zero-order valence-electron chi connectivity index (χ0n) is 23.1. The zero-order valence-corrected chi connectivity index (χ0v) is 24.7. The SMILES string of the molecule is COc1cccc2c1C(=O)c1c(O)c3c(c(O)c1C2=O)C[C@](O)(C(=O)CO)C[C@@H]3OC1CC(NC(=O)CBr)C(O)C(C)O1. The Morgan fingerprint density at radius 3 is 2.49 bits per heavy atom. The first-order valence-corrected chi connectivity index (χ1v) is 14.6. The van der Waals surface area contributed by atoms with Crippen molar-refractivity contribution in [3.05, 3.63) is 51.6 Å². The first-order chi connectivity index (χ1) is 20.4. The lowest BCUT2D eigenvalue weighted by Crippen LogP contribution is -2.56. The van der Waals surface area contributed by atoms with Crippen LogP contribution in [-0.4, -0.2) is 98.0 Å². The molecule has 230 valence electrons. The molecular weight excluding hydrogens is 634 g/mol. The third-order valence-electron chi connectivity index (χ3n) is 8.23. The number of alkyl halides is 1. The number of Topliss-reactive ketones (excluding diaryl/α,β-unsaturated/α-hetero) is 1. The van der Waals surface area contributed by atoms with E-state index in [1.165, 1.54) is 25.3 Å². The summed E-state index contributed by atoms with van der Waals surface area (Å²) in [6.45, 7) is 0.493.